The van der Waals surface area contributed by atoms with Crippen molar-refractivity contribution in [1.82, 2.24) is 0 Å². The molecule has 3 aromatic rings. The highest BCUT2D eigenvalue weighted by Crippen LogP contribution is 2.47. The van der Waals surface area contributed by atoms with Crippen LogP contribution >= 0.6 is 0 Å². The summed E-state index contributed by atoms with van der Waals surface area (Å²) >= 11 is 0. The van der Waals surface area contributed by atoms with Gasteiger partial charge in [0.25, 0.3) is 0 Å². The first-order chi connectivity index (χ1) is 10.4. The van der Waals surface area contributed by atoms with Gasteiger partial charge in [0, 0.05) is 12.3 Å². The number of rotatable bonds is 4. The lowest BCUT2D eigenvalue weighted by Gasteiger charge is -1.86. The quantitative estimate of drug-likeness (QED) is 0.323. The zero-order valence-electron chi connectivity index (χ0n) is 12.4. The van der Waals surface area contributed by atoms with Crippen LogP contribution in [0.4, 0.5) is 0 Å². The molecule has 0 heterocycles. The van der Waals surface area contributed by atoms with Gasteiger partial charge in [-0.2, -0.15) is 0 Å². The molecule has 0 spiro atoms. The average molecular weight is 271 g/mol. The predicted molar refractivity (Wildman–Crippen MR) is 90.5 cm³/mol. The molecule has 102 valence electrons. The van der Waals surface area contributed by atoms with Crippen molar-refractivity contribution in [3.63, 3.8) is 0 Å². The summed E-state index contributed by atoms with van der Waals surface area (Å²) in [5.74, 6) is 6.70. The van der Waals surface area contributed by atoms with E-state index < -0.39 is 0 Å². The van der Waals surface area contributed by atoms with Crippen molar-refractivity contribution in [3.8, 4) is 34.1 Å². The van der Waals surface area contributed by atoms with E-state index in [0.29, 0.717) is 0 Å². The normalized spacial score (nSPS) is 10.3. The van der Waals surface area contributed by atoms with Gasteiger partial charge in [0.05, 0.1) is 11.1 Å². The minimum absolute atomic E-state index is 0.990. The van der Waals surface area contributed by atoms with E-state index in [1.807, 2.05) is 0 Å². The van der Waals surface area contributed by atoms with Gasteiger partial charge >= 0.3 is 0 Å². The summed E-state index contributed by atoms with van der Waals surface area (Å²) in [5, 5.41) is 0. The van der Waals surface area contributed by atoms with Crippen LogP contribution in [0.5, 0.6) is 0 Å². The fourth-order valence-corrected chi connectivity index (χ4v) is 2.52. The van der Waals surface area contributed by atoms with Crippen molar-refractivity contribution in [3.05, 3.63) is 66.2 Å². The van der Waals surface area contributed by atoms with Crippen molar-refractivity contribution in [2.24, 2.45) is 0 Å². The smallest absolute Gasteiger partial charge is 0.0653 e. The molecular formula is C21H19+. The molecule has 3 aromatic carbocycles. The molecule has 0 N–H and O–H groups in total. The van der Waals surface area contributed by atoms with Crippen LogP contribution in [0.1, 0.15) is 31.7 Å². The van der Waals surface area contributed by atoms with Crippen LogP contribution in [0.3, 0.4) is 0 Å². The number of hydrogen-bond acceptors (Lipinski definition) is 0. The third-order valence-corrected chi connectivity index (χ3v) is 3.68. The topological polar surface area (TPSA) is 0 Å². The second kappa shape index (κ2) is 6.37. The molecule has 0 fully saturated rings. The van der Waals surface area contributed by atoms with Crippen LogP contribution in [0, 0.1) is 11.8 Å². The third kappa shape index (κ3) is 3.03. The highest BCUT2D eigenvalue weighted by molar-refractivity contribution is 6.03. The molecule has 0 nitrogen and oxygen atoms in total. The highest BCUT2D eigenvalue weighted by Gasteiger charge is 2.36. The van der Waals surface area contributed by atoms with Gasteiger partial charge in [-0.15, -0.1) is 0 Å². The molecule has 0 saturated carbocycles. The maximum absolute atomic E-state index is 3.38. The molecule has 0 atom stereocenters. The standard InChI is InChI=1S/C21H19/c1-2-3-4-11-16-19-20(17-12-7-5-8-13-17)21(19)18-14-9-6-10-15-18/h5-10,12-15H,2-4H2,1H3/q+1. The molecule has 0 aliphatic carbocycles. The Balaban J connectivity index is 1.93. The van der Waals surface area contributed by atoms with E-state index in [0.717, 1.165) is 6.42 Å². The zero-order valence-corrected chi connectivity index (χ0v) is 12.4. The van der Waals surface area contributed by atoms with Gasteiger partial charge < -0.3 is 0 Å². The Kier molecular flexibility index (Phi) is 4.12. The van der Waals surface area contributed by atoms with Crippen LogP contribution in [-0.4, -0.2) is 0 Å². The molecule has 0 amide bonds. The van der Waals surface area contributed by atoms with E-state index in [-0.39, 0.29) is 0 Å². The molecule has 0 bridgehead atoms. The lowest BCUT2D eigenvalue weighted by atomic mass is 10.1. The maximum Gasteiger partial charge on any atom is 0.170 e. The van der Waals surface area contributed by atoms with Crippen LogP contribution in [0.25, 0.3) is 22.3 Å². The zero-order chi connectivity index (χ0) is 14.5. The number of hydrogen-bond donors (Lipinski definition) is 0. The third-order valence-electron chi connectivity index (χ3n) is 3.68. The molecule has 3 rings (SSSR count). The summed E-state index contributed by atoms with van der Waals surface area (Å²) < 4.78 is 0. The summed E-state index contributed by atoms with van der Waals surface area (Å²) in [4.78, 5) is 0. The molecule has 0 aliphatic rings. The van der Waals surface area contributed by atoms with Crippen molar-refractivity contribution >= 4 is 0 Å². The Morgan fingerprint density at radius 3 is 1.81 bits per heavy atom. The van der Waals surface area contributed by atoms with E-state index in [4.69, 9.17) is 0 Å². The van der Waals surface area contributed by atoms with Gasteiger partial charge in [-0.3, -0.25) is 0 Å². The summed E-state index contributed by atoms with van der Waals surface area (Å²) in [7, 11) is 0. The van der Waals surface area contributed by atoms with E-state index in [1.165, 1.54) is 40.7 Å². The summed E-state index contributed by atoms with van der Waals surface area (Å²) in [6.07, 6.45) is 3.38. The van der Waals surface area contributed by atoms with Gasteiger partial charge in [0.2, 0.25) is 0 Å². The SMILES string of the molecule is CCCCC#C[c+]1c(-c2ccccc2)c1-c1ccccc1. The van der Waals surface area contributed by atoms with Gasteiger partial charge in [-0.1, -0.05) is 49.7 Å². The molecule has 0 unspecified atom stereocenters. The van der Waals surface area contributed by atoms with Crippen molar-refractivity contribution < 1.29 is 0 Å². The molecular weight excluding hydrogens is 252 g/mol. The second-order valence-corrected chi connectivity index (χ2v) is 5.26. The molecule has 0 aromatic heterocycles. The predicted octanol–water partition coefficient (Wildman–Crippen LogP) is 5.72. The Morgan fingerprint density at radius 2 is 1.33 bits per heavy atom. The summed E-state index contributed by atoms with van der Waals surface area (Å²) in [5.41, 5.74) is 6.42. The Morgan fingerprint density at radius 1 is 0.810 bits per heavy atom. The van der Waals surface area contributed by atoms with Crippen LogP contribution < -0.4 is 0 Å². The first kappa shape index (κ1) is 13.6. The Hall–Kier alpha value is -2.39. The summed E-state index contributed by atoms with van der Waals surface area (Å²) in [6.45, 7) is 2.20. The number of unbranched alkanes of at least 4 members (excludes halogenated alkanes) is 2. The Labute approximate surface area is 127 Å². The van der Waals surface area contributed by atoms with Crippen molar-refractivity contribution in [2.75, 3.05) is 0 Å². The van der Waals surface area contributed by atoms with Gasteiger partial charge in [-0.25, -0.2) is 0 Å². The van der Waals surface area contributed by atoms with E-state index in [2.05, 4.69) is 79.4 Å². The largest absolute Gasteiger partial charge is 0.170 e. The first-order valence-corrected chi connectivity index (χ1v) is 7.63. The molecule has 21 heavy (non-hydrogen) atoms. The lowest BCUT2D eigenvalue weighted by Crippen LogP contribution is -1.68. The van der Waals surface area contributed by atoms with Crippen molar-refractivity contribution in [2.45, 2.75) is 26.2 Å². The van der Waals surface area contributed by atoms with E-state index in [9.17, 15) is 0 Å². The molecule has 0 radical (unpaired) electrons. The van der Waals surface area contributed by atoms with Crippen LogP contribution in [-0.2, 0) is 0 Å². The van der Waals surface area contributed by atoms with E-state index in [1.54, 1.807) is 0 Å². The fourth-order valence-electron chi connectivity index (χ4n) is 2.52. The monoisotopic (exact) mass is 271 g/mol. The lowest BCUT2D eigenvalue weighted by molar-refractivity contribution is 0.828. The van der Waals surface area contributed by atoms with E-state index >= 15 is 0 Å². The first-order valence-electron chi connectivity index (χ1n) is 7.63. The minimum atomic E-state index is 0.990. The number of benzene rings is 2. The molecule has 0 heteroatoms. The minimum Gasteiger partial charge on any atom is -0.0653 e. The van der Waals surface area contributed by atoms with Gasteiger partial charge in [0.15, 0.2) is 5.56 Å². The second-order valence-electron chi connectivity index (χ2n) is 5.26. The van der Waals surface area contributed by atoms with Crippen LogP contribution in [0.15, 0.2) is 60.7 Å². The maximum atomic E-state index is 3.38. The van der Waals surface area contributed by atoms with Gasteiger partial charge in [0.1, 0.15) is 11.1 Å². The van der Waals surface area contributed by atoms with Gasteiger partial charge in [-0.05, 0) is 36.6 Å². The molecule has 0 saturated heterocycles. The highest BCUT2D eigenvalue weighted by atomic mass is 14.3. The molecule has 0 aliphatic heterocycles. The van der Waals surface area contributed by atoms with Crippen LogP contribution in [0.2, 0.25) is 0 Å². The van der Waals surface area contributed by atoms with Crippen molar-refractivity contribution in [1.29, 1.82) is 0 Å². The Bertz CT molecular complexity index is 669. The summed E-state index contributed by atoms with van der Waals surface area (Å²) in [6, 6.07) is 21.1. The average Bonchev–Trinajstić information content (AvgIpc) is 3.27. The fraction of sp³-hybridized carbons (Fsp3) is 0.190.